The van der Waals surface area contributed by atoms with Crippen LogP contribution in [0.5, 0.6) is 0 Å². The van der Waals surface area contributed by atoms with Gasteiger partial charge < -0.3 is 9.74 Å². The van der Waals surface area contributed by atoms with Crippen molar-refractivity contribution >= 4 is 46.6 Å². The Labute approximate surface area is 221 Å². The Bertz CT molecular complexity index is 1210. The molecular weight excluding hydrogens is 501 g/mol. The molecule has 0 N–H and O–H groups in total. The summed E-state index contributed by atoms with van der Waals surface area (Å²) in [6.07, 6.45) is 3.23. The fourth-order valence-corrected chi connectivity index (χ4v) is 5.09. The summed E-state index contributed by atoms with van der Waals surface area (Å²) in [7, 11) is 0. The van der Waals surface area contributed by atoms with Crippen LogP contribution in [0.1, 0.15) is 66.6 Å². The Morgan fingerprint density at radius 1 is 1.06 bits per heavy atom. The van der Waals surface area contributed by atoms with Gasteiger partial charge in [0.15, 0.2) is 5.60 Å². The molecule has 0 aromatic heterocycles. The third-order valence-electron chi connectivity index (χ3n) is 6.65. The standard InChI is InChI=1S/C27H29Cl2N3O4/c1-4-5-6-9-32-24(33)15-31(16-25(32)34)26(35)22-8-7-18(10-17(22)2)23-14-27(3,36-30-23)19-11-20(28)13-21(29)12-19/h7-8,10-13H,4-6,9,14-16H2,1-3H3. The number of oxime groups is 1. The average molecular weight is 530 g/mol. The minimum atomic E-state index is -0.718. The van der Waals surface area contributed by atoms with Crippen molar-refractivity contribution in [3.8, 4) is 0 Å². The van der Waals surface area contributed by atoms with Gasteiger partial charge in [-0.3, -0.25) is 19.3 Å². The topological polar surface area (TPSA) is 79.3 Å². The van der Waals surface area contributed by atoms with Gasteiger partial charge in [0, 0.05) is 34.1 Å². The van der Waals surface area contributed by atoms with Gasteiger partial charge in [0.25, 0.3) is 5.91 Å². The van der Waals surface area contributed by atoms with Crippen molar-refractivity contribution in [1.29, 1.82) is 0 Å². The van der Waals surface area contributed by atoms with Gasteiger partial charge in [-0.2, -0.15) is 0 Å². The van der Waals surface area contributed by atoms with Crippen LogP contribution in [0.25, 0.3) is 0 Å². The molecule has 36 heavy (non-hydrogen) atoms. The van der Waals surface area contributed by atoms with Crippen LogP contribution in [-0.4, -0.2) is 52.9 Å². The highest BCUT2D eigenvalue weighted by Crippen LogP contribution is 2.38. The number of aryl methyl sites for hydroxylation is 1. The number of imide groups is 1. The summed E-state index contributed by atoms with van der Waals surface area (Å²) < 4.78 is 0. The quantitative estimate of drug-likeness (QED) is 0.358. The van der Waals surface area contributed by atoms with Crippen molar-refractivity contribution in [1.82, 2.24) is 9.80 Å². The molecule has 2 aliphatic rings. The lowest BCUT2D eigenvalue weighted by molar-refractivity contribution is -0.150. The van der Waals surface area contributed by atoms with E-state index < -0.39 is 5.60 Å². The van der Waals surface area contributed by atoms with E-state index in [2.05, 4.69) is 12.1 Å². The molecule has 1 atom stereocenters. The maximum atomic E-state index is 13.2. The molecule has 1 unspecified atom stereocenters. The molecule has 2 aliphatic heterocycles. The molecule has 1 fully saturated rings. The van der Waals surface area contributed by atoms with Crippen molar-refractivity contribution < 1.29 is 19.2 Å². The van der Waals surface area contributed by atoms with Crippen LogP contribution in [-0.2, 0) is 20.0 Å². The largest absolute Gasteiger partial charge is 0.384 e. The number of carbonyl (C=O) groups is 3. The summed E-state index contributed by atoms with van der Waals surface area (Å²) in [6.45, 7) is 6.03. The van der Waals surface area contributed by atoms with Crippen LogP contribution in [0.3, 0.4) is 0 Å². The van der Waals surface area contributed by atoms with Gasteiger partial charge in [-0.1, -0.05) is 54.2 Å². The molecule has 0 bridgehead atoms. The number of carbonyl (C=O) groups excluding carboxylic acids is 3. The van der Waals surface area contributed by atoms with E-state index in [0.717, 1.165) is 41.7 Å². The highest BCUT2D eigenvalue weighted by molar-refractivity contribution is 6.34. The number of unbranched alkanes of at least 4 members (excludes halogenated alkanes) is 2. The summed E-state index contributed by atoms with van der Waals surface area (Å²) >= 11 is 12.3. The zero-order valence-corrected chi connectivity index (χ0v) is 22.2. The highest BCUT2D eigenvalue weighted by Gasteiger charge is 2.38. The number of benzene rings is 2. The Balaban J connectivity index is 1.46. The van der Waals surface area contributed by atoms with E-state index in [-0.39, 0.29) is 30.8 Å². The average Bonchev–Trinajstić information content (AvgIpc) is 3.23. The second-order valence-corrected chi connectivity index (χ2v) is 10.4. The number of nitrogens with zero attached hydrogens (tertiary/aromatic N) is 3. The fourth-order valence-electron chi connectivity index (χ4n) is 4.57. The lowest BCUT2D eigenvalue weighted by atomic mass is 9.88. The third kappa shape index (κ3) is 5.42. The number of piperazine rings is 1. The first kappa shape index (κ1) is 26.2. The third-order valence-corrected chi connectivity index (χ3v) is 7.09. The smallest absolute Gasteiger partial charge is 0.255 e. The molecule has 190 valence electrons. The molecule has 0 aliphatic carbocycles. The summed E-state index contributed by atoms with van der Waals surface area (Å²) in [5, 5.41) is 5.34. The lowest BCUT2D eigenvalue weighted by Gasteiger charge is -2.33. The molecular formula is C27H29Cl2N3O4. The van der Waals surface area contributed by atoms with Crippen LogP contribution in [0.2, 0.25) is 10.0 Å². The van der Waals surface area contributed by atoms with Crippen molar-refractivity contribution in [3.05, 3.63) is 68.7 Å². The number of rotatable bonds is 7. The Morgan fingerprint density at radius 3 is 2.33 bits per heavy atom. The Hall–Kier alpha value is -2.90. The first-order valence-corrected chi connectivity index (χ1v) is 12.8. The van der Waals surface area contributed by atoms with Crippen molar-refractivity contribution in [3.63, 3.8) is 0 Å². The van der Waals surface area contributed by atoms with Gasteiger partial charge >= 0.3 is 0 Å². The van der Waals surface area contributed by atoms with Gasteiger partial charge in [0.05, 0.1) is 5.71 Å². The van der Waals surface area contributed by atoms with Gasteiger partial charge in [0.1, 0.15) is 13.1 Å². The first-order chi connectivity index (χ1) is 17.1. The van der Waals surface area contributed by atoms with E-state index in [0.29, 0.717) is 28.6 Å². The molecule has 1 saturated heterocycles. The van der Waals surface area contributed by atoms with Crippen LogP contribution in [0, 0.1) is 6.92 Å². The number of hydrogen-bond acceptors (Lipinski definition) is 5. The van der Waals surface area contributed by atoms with Crippen molar-refractivity contribution in [2.24, 2.45) is 5.16 Å². The van der Waals surface area contributed by atoms with Crippen molar-refractivity contribution in [2.45, 2.75) is 52.1 Å². The minimum absolute atomic E-state index is 0.0982. The number of amides is 3. The van der Waals surface area contributed by atoms with E-state index in [1.54, 1.807) is 12.1 Å². The lowest BCUT2D eigenvalue weighted by Crippen LogP contribution is -2.55. The Morgan fingerprint density at radius 2 is 1.72 bits per heavy atom. The van der Waals surface area contributed by atoms with E-state index in [4.69, 9.17) is 28.0 Å². The van der Waals surface area contributed by atoms with Gasteiger partial charge in [-0.05, 0) is 61.7 Å². The van der Waals surface area contributed by atoms with Crippen LogP contribution in [0.15, 0.2) is 41.6 Å². The normalized spacial score (nSPS) is 20.0. The second kappa shape index (κ2) is 10.6. The predicted molar refractivity (Wildman–Crippen MR) is 139 cm³/mol. The molecule has 4 rings (SSSR count). The molecule has 3 amide bonds. The summed E-state index contributed by atoms with van der Waals surface area (Å²) in [5.41, 5.74) is 2.85. The molecule has 0 saturated carbocycles. The molecule has 2 aromatic carbocycles. The summed E-state index contributed by atoms with van der Waals surface area (Å²) in [6, 6.07) is 10.7. The predicted octanol–water partition coefficient (Wildman–Crippen LogP) is 5.34. The summed E-state index contributed by atoms with van der Waals surface area (Å²) in [5.74, 6) is -0.998. The SMILES string of the molecule is CCCCCN1C(=O)CN(C(=O)c2ccc(C3=NOC(C)(c4cc(Cl)cc(Cl)c4)C3)cc2C)CC1=O. The minimum Gasteiger partial charge on any atom is -0.384 e. The molecule has 2 aromatic rings. The van der Waals surface area contributed by atoms with Gasteiger partial charge in [0.2, 0.25) is 11.8 Å². The molecule has 0 radical (unpaired) electrons. The summed E-state index contributed by atoms with van der Waals surface area (Å²) in [4.78, 5) is 46.7. The monoisotopic (exact) mass is 529 g/mol. The fraction of sp³-hybridized carbons (Fsp3) is 0.407. The van der Waals surface area contributed by atoms with Crippen LogP contribution in [0.4, 0.5) is 0 Å². The van der Waals surface area contributed by atoms with E-state index in [1.165, 1.54) is 9.80 Å². The molecule has 9 heteroatoms. The molecule has 0 spiro atoms. The van der Waals surface area contributed by atoms with Gasteiger partial charge in [-0.25, -0.2) is 0 Å². The Kier molecular flexibility index (Phi) is 7.71. The molecule has 7 nitrogen and oxygen atoms in total. The van der Waals surface area contributed by atoms with Gasteiger partial charge in [-0.15, -0.1) is 0 Å². The van der Waals surface area contributed by atoms with E-state index >= 15 is 0 Å². The zero-order chi connectivity index (χ0) is 26.0. The highest BCUT2D eigenvalue weighted by atomic mass is 35.5. The van der Waals surface area contributed by atoms with E-state index in [1.807, 2.05) is 38.1 Å². The first-order valence-electron chi connectivity index (χ1n) is 12.1. The molecule has 2 heterocycles. The van der Waals surface area contributed by atoms with E-state index in [9.17, 15) is 14.4 Å². The van der Waals surface area contributed by atoms with Crippen molar-refractivity contribution in [2.75, 3.05) is 19.6 Å². The maximum Gasteiger partial charge on any atom is 0.255 e. The number of hydrogen-bond donors (Lipinski definition) is 0. The van der Waals surface area contributed by atoms with Crippen LogP contribution < -0.4 is 0 Å². The zero-order valence-electron chi connectivity index (χ0n) is 20.6. The van der Waals surface area contributed by atoms with Crippen LogP contribution >= 0.6 is 23.2 Å². The maximum absolute atomic E-state index is 13.2. The number of halogens is 2. The second-order valence-electron chi connectivity index (χ2n) is 9.53.